The third-order valence-corrected chi connectivity index (χ3v) is 5.16. The van der Waals surface area contributed by atoms with Crippen LogP contribution in [-0.2, 0) is 9.59 Å². The Morgan fingerprint density at radius 1 is 1.17 bits per heavy atom. The molecule has 2 aromatic rings. The third-order valence-electron chi connectivity index (χ3n) is 4.09. The van der Waals surface area contributed by atoms with E-state index in [1.54, 1.807) is 30.3 Å². The molecule has 2 N–H and O–H groups in total. The third kappa shape index (κ3) is 6.25. The van der Waals surface area contributed by atoms with Gasteiger partial charge in [0.1, 0.15) is 5.25 Å². The molecule has 7 nitrogen and oxygen atoms in total. The minimum atomic E-state index is -0.588. The van der Waals surface area contributed by atoms with Crippen LogP contribution in [0.4, 0.5) is 5.69 Å². The molecule has 1 fully saturated rings. The van der Waals surface area contributed by atoms with Gasteiger partial charge in [0.15, 0.2) is 11.0 Å². The van der Waals surface area contributed by atoms with Crippen LogP contribution in [0.3, 0.4) is 0 Å². The molecule has 2 amide bonds. The van der Waals surface area contributed by atoms with E-state index in [9.17, 15) is 14.4 Å². The minimum Gasteiger partial charge on any atom is -0.326 e. The number of allylic oxidation sites excluding steroid dienone is 1. The summed E-state index contributed by atoms with van der Waals surface area (Å²) in [6.07, 6.45) is 5.14. The van der Waals surface area contributed by atoms with E-state index in [0.717, 1.165) is 17.3 Å². The fourth-order valence-electron chi connectivity index (χ4n) is 2.63. The number of thioether (sulfide) groups is 1. The molecule has 152 valence electrons. The summed E-state index contributed by atoms with van der Waals surface area (Å²) in [4.78, 5) is 35.8. The monoisotopic (exact) mass is 420 g/mol. The molecule has 0 aromatic heterocycles. The molecule has 0 spiro atoms. The second-order valence-electron chi connectivity index (χ2n) is 6.42. The Kier molecular flexibility index (Phi) is 7.29. The van der Waals surface area contributed by atoms with E-state index >= 15 is 0 Å². The number of benzene rings is 2. The lowest BCUT2D eigenvalue weighted by atomic mass is 10.1. The first-order valence-corrected chi connectivity index (χ1v) is 10.1. The fourth-order valence-corrected chi connectivity index (χ4v) is 3.55. The van der Waals surface area contributed by atoms with Crippen molar-refractivity contribution >= 4 is 52.5 Å². The lowest BCUT2D eigenvalue weighted by Gasteiger charge is -2.08. The lowest BCUT2D eigenvalue weighted by molar-refractivity contribution is -0.122. The van der Waals surface area contributed by atoms with E-state index in [-0.39, 0.29) is 24.0 Å². The van der Waals surface area contributed by atoms with Gasteiger partial charge in [-0.3, -0.25) is 14.4 Å². The van der Waals surface area contributed by atoms with Crippen molar-refractivity contribution in [3.63, 3.8) is 0 Å². The highest BCUT2D eigenvalue weighted by Gasteiger charge is 2.32. The van der Waals surface area contributed by atoms with Gasteiger partial charge in [-0.2, -0.15) is 5.10 Å². The van der Waals surface area contributed by atoms with Crippen molar-refractivity contribution in [1.29, 1.82) is 0 Å². The summed E-state index contributed by atoms with van der Waals surface area (Å²) in [5.74, 6) is -0.697. The molecule has 3 rings (SSSR count). The summed E-state index contributed by atoms with van der Waals surface area (Å²) >= 11 is 1.16. The summed E-state index contributed by atoms with van der Waals surface area (Å²) in [6.45, 7) is 1.46. The normalized spacial score (nSPS) is 17.6. The first-order valence-electron chi connectivity index (χ1n) is 9.22. The zero-order valence-electron chi connectivity index (χ0n) is 16.2. The van der Waals surface area contributed by atoms with Crippen LogP contribution >= 0.6 is 11.8 Å². The van der Waals surface area contributed by atoms with Crippen LogP contribution in [-0.4, -0.2) is 34.2 Å². The van der Waals surface area contributed by atoms with Gasteiger partial charge in [-0.15, -0.1) is 5.10 Å². The molecule has 1 aliphatic rings. The number of hydrogen-bond acceptors (Lipinski definition) is 6. The number of anilines is 1. The molecule has 1 atom stereocenters. The Morgan fingerprint density at radius 2 is 1.97 bits per heavy atom. The molecule has 1 saturated heterocycles. The van der Waals surface area contributed by atoms with Crippen LogP contribution in [0.25, 0.3) is 6.08 Å². The van der Waals surface area contributed by atoms with Gasteiger partial charge >= 0.3 is 0 Å². The Morgan fingerprint density at radius 3 is 2.73 bits per heavy atom. The molecule has 0 bridgehead atoms. The van der Waals surface area contributed by atoms with Crippen LogP contribution < -0.4 is 10.6 Å². The molecule has 0 unspecified atom stereocenters. The highest BCUT2D eigenvalue weighted by Crippen LogP contribution is 2.23. The number of nitrogens with zero attached hydrogens (tertiary/aromatic N) is 2. The Bertz CT molecular complexity index is 1030. The number of rotatable bonds is 7. The number of Topliss-reactive ketones (excluding diaryl/α,β-unsaturated/α-hetero) is 1. The highest BCUT2D eigenvalue weighted by atomic mass is 32.2. The average Bonchev–Trinajstić information content (AvgIpc) is 3.07. The number of carbonyl (C=O) groups excluding carboxylic acids is 3. The quantitative estimate of drug-likeness (QED) is 0.407. The minimum absolute atomic E-state index is 0.0164. The Balaban J connectivity index is 1.51. The molecule has 1 heterocycles. The highest BCUT2D eigenvalue weighted by molar-refractivity contribution is 8.15. The van der Waals surface area contributed by atoms with Crippen LogP contribution in [0.2, 0.25) is 0 Å². The summed E-state index contributed by atoms with van der Waals surface area (Å²) in [5, 5.41) is 13.0. The maximum atomic E-state index is 12.3. The second-order valence-corrected chi connectivity index (χ2v) is 7.62. The number of amidine groups is 1. The van der Waals surface area contributed by atoms with Gasteiger partial charge in [-0.1, -0.05) is 60.3 Å². The summed E-state index contributed by atoms with van der Waals surface area (Å²) in [7, 11) is 0. The first-order chi connectivity index (χ1) is 14.5. The van der Waals surface area contributed by atoms with Crippen LogP contribution in [0.5, 0.6) is 0 Å². The van der Waals surface area contributed by atoms with Crippen LogP contribution in [0.1, 0.15) is 29.3 Å². The van der Waals surface area contributed by atoms with Crippen molar-refractivity contribution in [3.05, 3.63) is 71.8 Å². The number of amides is 2. The second kappa shape index (κ2) is 10.3. The Hall–Kier alpha value is -3.52. The molecule has 1 aliphatic heterocycles. The number of ketones is 1. The standard InChI is InChI=1S/C22H20N4O3S/c1-15(27)17-10-5-11-18(13-17)24-20(28)14-19-21(29)25-22(30-19)26-23-12-6-9-16-7-3-2-4-8-16/h2-13,19H,14H2,1H3,(H,24,28)(H,25,26,29)/b9-6+,23-12+/t19-/m1/s1. The molecular weight excluding hydrogens is 400 g/mol. The van der Waals surface area contributed by atoms with Crippen LogP contribution in [0, 0.1) is 0 Å². The van der Waals surface area contributed by atoms with Gasteiger partial charge in [-0.25, -0.2) is 0 Å². The first kappa shape index (κ1) is 21.2. The van der Waals surface area contributed by atoms with Gasteiger partial charge in [-0.05, 0) is 30.7 Å². The summed E-state index contributed by atoms with van der Waals surface area (Å²) in [5.41, 5.74) is 2.06. The van der Waals surface area contributed by atoms with Gasteiger partial charge in [0.05, 0.1) is 0 Å². The van der Waals surface area contributed by atoms with Gasteiger partial charge in [0.2, 0.25) is 11.8 Å². The van der Waals surface area contributed by atoms with Crippen LogP contribution in [0.15, 0.2) is 70.9 Å². The zero-order chi connectivity index (χ0) is 21.3. The smallest absolute Gasteiger partial charge is 0.240 e. The maximum absolute atomic E-state index is 12.3. The van der Waals surface area contributed by atoms with E-state index in [1.807, 2.05) is 36.4 Å². The van der Waals surface area contributed by atoms with E-state index in [0.29, 0.717) is 16.4 Å². The fraction of sp³-hybridized carbons (Fsp3) is 0.136. The predicted molar refractivity (Wildman–Crippen MR) is 121 cm³/mol. The van der Waals surface area contributed by atoms with Gasteiger partial charge in [0, 0.05) is 23.9 Å². The topological polar surface area (TPSA) is 100.0 Å². The van der Waals surface area contributed by atoms with Crippen molar-refractivity contribution in [2.45, 2.75) is 18.6 Å². The number of carbonyl (C=O) groups is 3. The van der Waals surface area contributed by atoms with Gasteiger partial charge < -0.3 is 10.6 Å². The number of nitrogens with one attached hydrogen (secondary N) is 2. The maximum Gasteiger partial charge on any atom is 0.240 e. The van der Waals surface area contributed by atoms with Crippen molar-refractivity contribution in [2.75, 3.05) is 5.32 Å². The van der Waals surface area contributed by atoms with Crippen molar-refractivity contribution in [3.8, 4) is 0 Å². The zero-order valence-corrected chi connectivity index (χ0v) is 17.1. The lowest BCUT2D eigenvalue weighted by Crippen LogP contribution is -2.28. The molecular formula is C22H20N4O3S. The predicted octanol–water partition coefficient (Wildman–Crippen LogP) is 3.50. The molecule has 8 heteroatoms. The van der Waals surface area contributed by atoms with Crippen molar-refractivity contribution in [2.24, 2.45) is 10.2 Å². The van der Waals surface area contributed by atoms with E-state index < -0.39 is 5.25 Å². The average molecular weight is 420 g/mol. The molecule has 0 aliphatic carbocycles. The Labute approximate surface area is 178 Å². The molecule has 2 aromatic carbocycles. The van der Waals surface area contributed by atoms with E-state index in [1.165, 1.54) is 13.1 Å². The largest absolute Gasteiger partial charge is 0.326 e. The molecule has 0 radical (unpaired) electrons. The van der Waals surface area contributed by atoms with Crippen molar-refractivity contribution in [1.82, 2.24) is 5.32 Å². The number of hydrogen-bond donors (Lipinski definition) is 2. The summed E-state index contributed by atoms with van der Waals surface area (Å²) < 4.78 is 0. The SMILES string of the molecule is CC(=O)c1cccc(NC(=O)C[C@H]2S/C(=N/N=C/C=C/c3ccccc3)NC2=O)c1. The van der Waals surface area contributed by atoms with E-state index in [4.69, 9.17) is 0 Å². The van der Waals surface area contributed by atoms with Crippen molar-refractivity contribution < 1.29 is 14.4 Å². The summed E-state index contributed by atoms with van der Waals surface area (Å²) in [6, 6.07) is 16.4. The molecule has 0 saturated carbocycles. The van der Waals surface area contributed by atoms with E-state index in [2.05, 4.69) is 20.8 Å². The van der Waals surface area contributed by atoms with Gasteiger partial charge in [0.25, 0.3) is 0 Å². The molecule has 30 heavy (non-hydrogen) atoms.